The third-order valence-electron chi connectivity index (χ3n) is 7.50. The van der Waals surface area contributed by atoms with E-state index in [-0.39, 0.29) is 11.7 Å². The third-order valence-corrected chi connectivity index (χ3v) is 9.84. The number of aromatic hydroxyl groups is 1. The average molecular weight is 558 g/mol. The fourth-order valence-electron chi connectivity index (χ4n) is 5.45. The van der Waals surface area contributed by atoms with Gasteiger partial charge in [0.15, 0.2) is 5.17 Å². The summed E-state index contributed by atoms with van der Waals surface area (Å²) >= 11 is 3.00. The molecule has 0 aromatic heterocycles. The SMILES string of the molecule is CCN1/C(=C2/SC(=Nc3ccc(C4CCCCC4)cc3)N(c3ccc(O)cc3)C2=O)Sc2ccc(OC)cc21. The zero-order valence-corrected chi connectivity index (χ0v) is 23.7. The van der Waals surface area contributed by atoms with Crippen molar-refractivity contribution in [1.82, 2.24) is 0 Å². The predicted octanol–water partition coefficient (Wildman–Crippen LogP) is 8.02. The number of fused-ring (bicyclic) bond motifs is 1. The molecule has 0 atom stereocenters. The van der Waals surface area contributed by atoms with Crippen LogP contribution in [0, 0.1) is 0 Å². The summed E-state index contributed by atoms with van der Waals surface area (Å²) in [6.45, 7) is 2.80. The van der Waals surface area contributed by atoms with E-state index < -0.39 is 0 Å². The molecule has 1 N–H and O–H groups in total. The van der Waals surface area contributed by atoms with Crippen molar-refractivity contribution in [2.75, 3.05) is 23.5 Å². The molecule has 3 aliphatic rings. The van der Waals surface area contributed by atoms with Crippen LogP contribution in [0.2, 0.25) is 0 Å². The van der Waals surface area contributed by atoms with Crippen LogP contribution in [0.1, 0.15) is 50.5 Å². The van der Waals surface area contributed by atoms with Gasteiger partial charge in [-0.05, 0) is 91.5 Å². The Bertz CT molecular complexity index is 1440. The van der Waals surface area contributed by atoms with Crippen molar-refractivity contribution in [2.24, 2.45) is 4.99 Å². The number of phenolic OH excluding ortho intramolecular Hbond substituents is 1. The molecule has 39 heavy (non-hydrogen) atoms. The number of rotatable bonds is 5. The third kappa shape index (κ3) is 5.03. The number of amides is 1. The lowest BCUT2D eigenvalue weighted by Gasteiger charge is -2.22. The standard InChI is InChI=1S/C31H31N3O3S2/c1-3-33-26-19-25(37-2)17-18-27(26)38-30(33)28-29(36)34(23-13-15-24(35)16-14-23)31(39-28)32-22-11-9-21(10-12-22)20-7-5-4-6-8-20/h9-20,35H,3-8H2,1-2H3/b30-28-,32-31?. The van der Waals surface area contributed by atoms with Gasteiger partial charge in [-0.25, -0.2) is 4.99 Å². The molecule has 2 fully saturated rings. The lowest BCUT2D eigenvalue weighted by atomic mass is 9.84. The zero-order valence-electron chi connectivity index (χ0n) is 22.1. The first kappa shape index (κ1) is 25.9. The van der Waals surface area contributed by atoms with E-state index in [0.29, 0.717) is 28.2 Å². The zero-order chi connectivity index (χ0) is 26.9. The molecular formula is C31H31N3O3S2. The number of carbonyl (C=O) groups excluding carboxylic acids is 1. The van der Waals surface area contributed by atoms with Gasteiger partial charge in [0.05, 0.1) is 24.2 Å². The highest BCUT2D eigenvalue weighted by molar-refractivity contribution is 8.20. The summed E-state index contributed by atoms with van der Waals surface area (Å²) in [7, 11) is 1.66. The van der Waals surface area contributed by atoms with Crippen molar-refractivity contribution in [1.29, 1.82) is 0 Å². The molecule has 3 aromatic carbocycles. The van der Waals surface area contributed by atoms with E-state index in [9.17, 15) is 9.90 Å². The van der Waals surface area contributed by atoms with Crippen molar-refractivity contribution in [2.45, 2.75) is 49.8 Å². The predicted molar refractivity (Wildman–Crippen MR) is 161 cm³/mol. The Morgan fingerprint density at radius 1 is 0.974 bits per heavy atom. The fraction of sp³-hybridized carbons (Fsp3) is 0.290. The molecule has 2 aliphatic heterocycles. The van der Waals surface area contributed by atoms with E-state index in [1.165, 1.54) is 49.4 Å². The molecule has 1 aliphatic carbocycles. The van der Waals surface area contributed by atoms with Gasteiger partial charge in [0, 0.05) is 17.5 Å². The van der Waals surface area contributed by atoms with Gasteiger partial charge in [0.25, 0.3) is 5.91 Å². The van der Waals surface area contributed by atoms with Crippen LogP contribution < -0.4 is 14.5 Å². The molecule has 1 saturated carbocycles. The highest BCUT2D eigenvalue weighted by Crippen LogP contribution is 2.52. The van der Waals surface area contributed by atoms with Gasteiger partial charge in [0.1, 0.15) is 21.4 Å². The number of aliphatic imine (C=N–C) groups is 1. The minimum Gasteiger partial charge on any atom is -0.508 e. The Morgan fingerprint density at radius 3 is 2.41 bits per heavy atom. The second-order valence-electron chi connectivity index (χ2n) is 9.89. The number of benzene rings is 3. The molecule has 2 heterocycles. The number of hydrogen-bond acceptors (Lipinski definition) is 7. The van der Waals surface area contributed by atoms with Gasteiger partial charge in [-0.15, -0.1) is 0 Å². The summed E-state index contributed by atoms with van der Waals surface area (Å²) in [6, 6.07) is 21.2. The van der Waals surface area contributed by atoms with E-state index in [1.807, 2.05) is 18.2 Å². The molecule has 8 heteroatoms. The van der Waals surface area contributed by atoms with Gasteiger partial charge in [0.2, 0.25) is 0 Å². The van der Waals surface area contributed by atoms with Crippen molar-refractivity contribution < 1.29 is 14.6 Å². The van der Waals surface area contributed by atoms with Gasteiger partial charge in [-0.1, -0.05) is 43.2 Å². The molecule has 6 rings (SSSR count). The maximum Gasteiger partial charge on any atom is 0.274 e. The Labute approximate surface area is 237 Å². The summed E-state index contributed by atoms with van der Waals surface area (Å²) in [5.41, 5.74) is 3.90. The Morgan fingerprint density at radius 2 is 1.72 bits per heavy atom. The number of carbonyl (C=O) groups is 1. The van der Waals surface area contributed by atoms with Crippen LogP contribution in [-0.2, 0) is 4.79 Å². The summed E-state index contributed by atoms with van der Waals surface area (Å²) in [4.78, 5) is 24.5. The van der Waals surface area contributed by atoms with Crippen LogP contribution in [-0.4, -0.2) is 29.8 Å². The number of amidine groups is 1. The second-order valence-corrected chi connectivity index (χ2v) is 11.9. The van der Waals surface area contributed by atoms with E-state index in [4.69, 9.17) is 9.73 Å². The van der Waals surface area contributed by atoms with Crippen LogP contribution in [0.4, 0.5) is 17.1 Å². The minimum atomic E-state index is -0.121. The van der Waals surface area contributed by atoms with Gasteiger partial charge < -0.3 is 14.7 Å². The largest absolute Gasteiger partial charge is 0.508 e. The molecule has 6 nitrogen and oxygen atoms in total. The Balaban J connectivity index is 1.38. The van der Waals surface area contributed by atoms with Gasteiger partial charge in [-0.3, -0.25) is 9.69 Å². The molecule has 1 saturated heterocycles. The molecule has 1 amide bonds. The van der Waals surface area contributed by atoms with E-state index in [0.717, 1.165) is 27.0 Å². The first-order valence-electron chi connectivity index (χ1n) is 13.4. The highest BCUT2D eigenvalue weighted by atomic mass is 32.2. The molecule has 0 unspecified atom stereocenters. The van der Waals surface area contributed by atoms with Crippen LogP contribution in [0.3, 0.4) is 0 Å². The topological polar surface area (TPSA) is 65.4 Å². The van der Waals surface area contributed by atoms with Gasteiger partial charge in [-0.2, -0.15) is 0 Å². The number of thioether (sulfide) groups is 2. The highest BCUT2D eigenvalue weighted by Gasteiger charge is 2.40. The van der Waals surface area contributed by atoms with Crippen molar-refractivity contribution in [3.05, 3.63) is 82.2 Å². The summed E-state index contributed by atoms with van der Waals surface area (Å²) in [5.74, 6) is 1.45. The Hall–Kier alpha value is -3.36. The number of ether oxygens (including phenoxy) is 1. The average Bonchev–Trinajstić information content (AvgIpc) is 3.50. The molecule has 3 aromatic rings. The van der Waals surface area contributed by atoms with Crippen LogP contribution in [0.15, 0.2) is 86.6 Å². The van der Waals surface area contributed by atoms with E-state index in [2.05, 4.69) is 36.1 Å². The minimum absolute atomic E-state index is 0.121. The smallest absolute Gasteiger partial charge is 0.274 e. The maximum absolute atomic E-state index is 14.0. The van der Waals surface area contributed by atoms with Crippen molar-refractivity contribution in [3.63, 3.8) is 0 Å². The number of anilines is 2. The normalized spacial score (nSPS) is 20.7. The lowest BCUT2D eigenvalue weighted by Crippen LogP contribution is -2.29. The van der Waals surface area contributed by atoms with Crippen LogP contribution in [0.5, 0.6) is 11.5 Å². The van der Waals surface area contributed by atoms with Crippen molar-refractivity contribution in [3.8, 4) is 11.5 Å². The second kappa shape index (κ2) is 11.0. The summed E-state index contributed by atoms with van der Waals surface area (Å²) in [5, 5.41) is 11.4. The monoisotopic (exact) mass is 557 g/mol. The summed E-state index contributed by atoms with van der Waals surface area (Å²) in [6.07, 6.45) is 6.45. The first-order chi connectivity index (χ1) is 19.1. The van der Waals surface area contributed by atoms with Crippen LogP contribution in [0.25, 0.3) is 0 Å². The van der Waals surface area contributed by atoms with E-state index >= 15 is 0 Å². The fourth-order valence-corrected chi connectivity index (χ4v) is 7.82. The molecule has 200 valence electrons. The molecule has 0 radical (unpaired) electrons. The maximum atomic E-state index is 14.0. The van der Waals surface area contributed by atoms with E-state index in [1.54, 1.807) is 48.0 Å². The molecule has 0 spiro atoms. The van der Waals surface area contributed by atoms with Crippen LogP contribution >= 0.6 is 23.5 Å². The number of methoxy groups -OCH3 is 1. The lowest BCUT2D eigenvalue weighted by molar-refractivity contribution is -0.113. The first-order valence-corrected chi connectivity index (χ1v) is 15.1. The summed E-state index contributed by atoms with van der Waals surface area (Å²) < 4.78 is 5.46. The number of hydrogen-bond donors (Lipinski definition) is 1. The molecule has 0 bridgehead atoms. The van der Waals surface area contributed by atoms with Gasteiger partial charge >= 0.3 is 0 Å². The van der Waals surface area contributed by atoms with Crippen molar-refractivity contribution >= 4 is 51.7 Å². The number of phenols is 1. The Kier molecular flexibility index (Phi) is 7.32. The number of nitrogens with zero attached hydrogens (tertiary/aromatic N) is 3. The quantitative estimate of drug-likeness (QED) is 0.321. The molecular weight excluding hydrogens is 526 g/mol.